The van der Waals surface area contributed by atoms with Crippen LogP contribution < -0.4 is 4.57 Å². The largest absolute Gasteiger partial charge is 0.433 e. The van der Waals surface area contributed by atoms with Gasteiger partial charge in [-0.15, -0.1) is 0 Å². The number of benzene rings is 1. The zero-order valence-corrected chi connectivity index (χ0v) is 19.0. The van der Waals surface area contributed by atoms with E-state index < -0.39 is 17.4 Å². The molecule has 0 amide bonds. The van der Waals surface area contributed by atoms with Crippen molar-refractivity contribution in [3.8, 4) is 0 Å². The van der Waals surface area contributed by atoms with Gasteiger partial charge in [0.05, 0.1) is 11.6 Å². The fourth-order valence-corrected chi connectivity index (χ4v) is 6.16. The summed E-state index contributed by atoms with van der Waals surface area (Å²) in [5, 5.41) is 3.13. The maximum absolute atomic E-state index is 13.7. The van der Waals surface area contributed by atoms with E-state index in [2.05, 4.69) is 64.8 Å². The second kappa shape index (κ2) is 6.22. The van der Waals surface area contributed by atoms with E-state index in [9.17, 15) is 13.2 Å². The van der Waals surface area contributed by atoms with Crippen LogP contribution >= 0.6 is 0 Å². The molecule has 1 aromatic carbocycles. The monoisotopic (exact) mass is 449 g/mol. The molecule has 0 N–H and O–H groups in total. The highest BCUT2D eigenvalue weighted by molar-refractivity contribution is 6.14. The summed E-state index contributed by atoms with van der Waals surface area (Å²) in [6.45, 7) is 8.72. The zero-order chi connectivity index (χ0) is 23.3. The average molecular weight is 450 g/mol. The molecule has 2 unspecified atom stereocenters. The van der Waals surface area contributed by atoms with Gasteiger partial charge in [-0.2, -0.15) is 17.6 Å². The van der Waals surface area contributed by atoms with Gasteiger partial charge in [-0.25, -0.2) is 9.55 Å². The minimum atomic E-state index is -4.51. The Kier molecular flexibility index (Phi) is 3.84. The third-order valence-corrected chi connectivity index (χ3v) is 8.35. The van der Waals surface area contributed by atoms with E-state index in [-0.39, 0.29) is 5.41 Å². The lowest BCUT2D eigenvalue weighted by Crippen LogP contribution is -2.66. The Morgan fingerprint density at radius 1 is 1.00 bits per heavy atom. The van der Waals surface area contributed by atoms with Crippen LogP contribution in [0.4, 0.5) is 13.2 Å². The summed E-state index contributed by atoms with van der Waals surface area (Å²) in [4.78, 5) is 8.20. The Hall–Kier alpha value is -3.22. The predicted molar refractivity (Wildman–Crippen MR) is 122 cm³/mol. The minimum Gasteiger partial charge on any atom is -0.264 e. The van der Waals surface area contributed by atoms with Gasteiger partial charge in [-0.05, 0) is 25.3 Å². The number of alkyl halides is 3. The minimum absolute atomic E-state index is 0.286. The van der Waals surface area contributed by atoms with Gasteiger partial charge in [0.25, 0.3) is 5.65 Å². The van der Waals surface area contributed by atoms with Crippen molar-refractivity contribution in [1.82, 2.24) is 14.4 Å². The van der Waals surface area contributed by atoms with E-state index >= 15 is 0 Å². The average Bonchev–Trinajstić information content (AvgIpc) is 3.17. The SMILES string of the molecule is CCC1(C)c2cccc3c4cnccc4n4c5cnc(C(F)(F)F)cc5[n+](c4c23)C1(C)CC. The number of nitrogens with zero attached hydrogens (tertiary/aromatic N) is 4. The Morgan fingerprint density at radius 3 is 2.48 bits per heavy atom. The molecule has 0 fully saturated rings. The lowest BCUT2D eigenvalue weighted by Gasteiger charge is -2.46. The molecule has 0 radical (unpaired) electrons. The van der Waals surface area contributed by atoms with E-state index in [1.807, 2.05) is 12.3 Å². The van der Waals surface area contributed by atoms with E-state index in [1.54, 1.807) is 6.20 Å². The van der Waals surface area contributed by atoms with Crippen molar-refractivity contribution in [3.63, 3.8) is 0 Å². The normalized spacial score (nSPS) is 22.9. The number of hydrogen-bond donors (Lipinski definition) is 0. The van der Waals surface area contributed by atoms with Crippen molar-refractivity contribution in [2.45, 2.75) is 57.7 Å². The van der Waals surface area contributed by atoms with Gasteiger partial charge in [0.15, 0.2) is 11.0 Å². The highest BCUT2D eigenvalue weighted by Gasteiger charge is 2.55. The Morgan fingerprint density at radius 2 is 1.79 bits per heavy atom. The molecule has 1 aliphatic heterocycles. The van der Waals surface area contributed by atoms with Gasteiger partial charge in [0.1, 0.15) is 16.7 Å². The molecule has 33 heavy (non-hydrogen) atoms. The molecule has 1 aliphatic rings. The molecule has 2 atom stereocenters. The van der Waals surface area contributed by atoms with Gasteiger partial charge >= 0.3 is 6.18 Å². The number of aromatic nitrogens is 4. The third kappa shape index (κ3) is 2.25. The summed E-state index contributed by atoms with van der Waals surface area (Å²) >= 11 is 0. The number of rotatable bonds is 2. The molecule has 4 nitrogen and oxygen atoms in total. The highest BCUT2D eigenvalue weighted by Crippen LogP contribution is 2.51. The first kappa shape index (κ1) is 20.4. The highest BCUT2D eigenvalue weighted by atomic mass is 19.4. The number of halogens is 3. The van der Waals surface area contributed by atoms with Crippen LogP contribution in [0, 0.1) is 0 Å². The van der Waals surface area contributed by atoms with Gasteiger partial charge in [0.2, 0.25) is 0 Å². The van der Waals surface area contributed by atoms with Gasteiger partial charge in [0, 0.05) is 40.7 Å². The summed E-state index contributed by atoms with van der Waals surface area (Å²) in [5.41, 5.74) is 2.69. The van der Waals surface area contributed by atoms with Gasteiger partial charge in [-0.1, -0.05) is 39.0 Å². The topological polar surface area (TPSA) is 34.1 Å². The van der Waals surface area contributed by atoms with Crippen LogP contribution in [0.15, 0.2) is 48.9 Å². The van der Waals surface area contributed by atoms with Crippen molar-refractivity contribution < 1.29 is 17.7 Å². The number of hydrogen-bond acceptors (Lipinski definition) is 2. The van der Waals surface area contributed by atoms with Crippen LogP contribution in [-0.4, -0.2) is 14.4 Å². The zero-order valence-electron chi connectivity index (χ0n) is 19.0. The Labute approximate surface area is 188 Å². The summed E-state index contributed by atoms with van der Waals surface area (Å²) in [6, 6.07) is 9.52. The molecule has 7 heteroatoms. The lowest BCUT2D eigenvalue weighted by molar-refractivity contribution is -0.728. The van der Waals surface area contributed by atoms with Crippen LogP contribution in [-0.2, 0) is 17.1 Å². The molecular weight excluding hydrogens is 425 g/mol. The second-order valence-electron chi connectivity index (χ2n) is 9.48. The summed E-state index contributed by atoms with van der Waals surface area (Å²) in [6.07, 6.45) is 2.06. The molecule has 5 heterocycles. The molecule has 0 aliphatic carbocycles. The van der Waals surface area contributed by atoms with Crippen molar-refractivity contribution >= 4 is 38.4 Å². The standard InChI is InChI=1S/C26H24F3N4/c1-5-24(3)17-9-7-8-15-16-13-30-11-10-18(16)32-20-14-31-21(26(27,28)29)12-19(20)33(23(32)22(15)17)25(24,4)6-2/h7-14H,5-6H2,1-4H3/q+1. The quantitative estimate of drug-likeness (QED) is 0.234. The second-order valence-corrected chi connectivity index (χ2v) is 9.48. The maximum Gasteiger partial charge on any atom is 0.433 e. The maximum atomic E-state index is 13.7. The molecule has 0 bridgehead atoms. The predicted octanol–water partition coefficient (Wildman–Crippen LogP) is 6.30. The van der Waals surface area contributed by atoms with E-state index in [1.165, 1.54) is 17.8 Å². The number of pyridine rings is 3. The third-order valence-electron chi connectivity index (χ3n) is 8.35. The summed E-state index contributed by atoms with van der Waals surface area (Å²) < 4.78 is 45.4. The first-order chi connectivity index (χ1) is 15.7. The molecule has 5 aromatic rings. The molecular formula is C26H24F3N4+. The van der Waals surface area contributed by atoms with Crippen LogP contribution in [0.5, 0.6) is 0 Å². The van der Waals surface area contributed by atoms with Crippen molar-refractivity contribution in [1.29, 1.82) is 0 Å². The van der Waals surface area contributed by atoms with Crippen molar-refractivity contribution in [2.24, 2.45) is 0 Å². The lowest BCUT2D eigenvalue weighted by atomic mass is 9.62. The fraction of sp³-hybridized carbons (Fsp3) is 0.346. The fourth-order valence-electron chi connectivity index (χ4n) is 6.16. The first-order valence-corrected chi connectivity index (χ1v) is 11.3. The molecule has 0 spiro atoms. The smallest absolute Gasteiger partial charge is 0.264 e. The van der Waals surface area contributed by atoms with Crippen LogP contribution in [0.25, 0.3) is 38.4 Å². The van der Waals surface area contributed by atoms with Gasteiger partial charge in [-0.3, -0.25) is 4.98 Å². The Balaban J connectivity index is 2.01. The van der Waals surface area contributed by atoms with Crippen LogP contribution in [0.2, 0.25) is 0 Å². The van der Waals surface area contributed by atoms with E-state index in [0.29, 0.717) is 11.0 Å². The number of fused-ring (bicyclic) bond motifs is 6. The summed E-state index contributed by atoms with van der Waals surface area (Å²) in [5.74, 6) is 0. The first-order valence-electron chi connectivity index (χ1n) is 11.3. The van der Waals surface area contributed by atoms with Crippen molar-refractivity contribution in [2.75, 3.05) is 0 Å². The molecule has 6 rings (SSSR count). The number of imidazole rings is 1. The molecule has 168 valence electrons. The van der Waals surface area contributed by atoms with Gasteiger partial charge < -0.3 is 0 Å². The van der Waals surface area contributed by atoms with E-state index in [4.69, 9.17) is 0 Å². The Bertz CT molecular complexity index is 1620. The molecule has 0 saturated heterocycles. The van der Waals surface area contributed by atoms with E-state index in [0.717, 1.165) is 40.2 Å². The van der Waals surface area contributed by atoms with Crippen LogP contribution in [0.3, 0.4) is 0 Å². The summed E-state index contributed by atoms with van der Waals surface area (Å²) in [7, 11) is 0. The van der Waals surface area contributed by atoms with Crippen molar-refractivity contribution in [3.05, 3.63) is 60.2 Å². The van der Waals surface area contributed by atoms with Crippen LogP contribution in [0.1, 0.15) is 51.8 Å². The molecule has 4 aromatic heterocycles. The molecule has 0 saturated carbocycles.